The third-order valence-corrected chi connectivity index (χ3v) is 7.43. The summed E-state index contributed by atoms with van der Waals surface area (Å²) in [7, 11) is 0. The minimum absolute atomic E-state index is 0.557. The highest BCUT2D eigenvalue weighted by Crippen LogP contribution is 2.38. The summed E-state index contributed by atoms with van der Waals surface area (Å²) in [6, 6.07) is 19.5. The number of hydrogen-bond donors (Lipinski definition) is 0. The first-order chi connectivity index (χ1) is 13.8. The van der Waals surface area contributed by atoms with Crippen molar-refractivity contribution in [3.63, 3.8) is 0 Å². The van der Waals surface area contributed by atoms with E-state index >= 15 is 0 Å². The highest BCUT2D eigenvalue weighted by molar-refractivity contribution is 5.37. The van der Waals surface area contributed by atoms with E-state index in [0.717, 1.165) is 11.8 Å². The zero-order valence-corrected chi connectivity index (χ0v) is 17.8. The standard InChI is InChI=1S/C28H38/c1-2-3-4-13-28(26-18-14-24(15-19-26)22-9-5-6-10-22)27-20-16-25(17-21-27)23-11-7-8-12-23/h14-23,28H,2-13H2,1H3. The molecule has 0 aliphatic heterocycles. The van der Waals surface area contributed by atoms with Crippen LogP contribution < -0.4 is 0 Å². The number of rotatable bonds is 8. The van der Waals surface area contributed by atoms with Crippen molar-refractivity contribution < 1.29 is 0 Å². The average molecular weight is 375 g/mol. The summed E-state index contributed by atoms with van der Waals surface area (Å²) in [6.45, 7) is 2.31. The highest BCUT2D eigenvalue weighted by Gasteiger charge is 2.20. The molecule has 0 aromatic heterocycles. The first-order valence-corrected chi connectivity index (χ1v) is 12.0. The Morgan fingerprint density at radius 3 is 1.46 bits per heavy atom. The fourth-order valence-electron chi connectivity index (χ4n) is 5.64. The average Bonchev–Trinajstić information content (AvgIpc) is 3.46. The third-order valence-electron chi connectivity index (χ3n) is 7.43. The second-order valence-corrected chi connectivity index (χ2v) is 9.34. The van der Waals surface area contributed by atoms with E-state index in [1.807, 2.05) is 0 Å². The fraction of sp³-hybridized carbons (Fsp3) is 0.571. The molecular weight excluding hydrogens is 336 g/mol. The second kappa shape index (κ2) is 9.77. The van der Waals surface area contributed by atoms with Gasteiger partial charge >= 0.3 is 0 Å². The molecule has 2 aromatic carbocycles. The van der Waals surface area contributed by atoms with Crippen LogP contribution in [0.25, 0.3) is 0 Å². The molecule has 0 amide bonds. The van der Waals surface area contributed by atoms with Gasteiger partial charge in [0.25, 0.3) is 0 Å². The Morgan fingerprint density at radius 1 is 0.643 bits per heavy atom. The van der Waals surface area contributed by atoms with Gasteiger partial charge in [-0.1, -0.05) is 100 Å². The quantitative estimate of drug-likeness (QED) is 0.405. The normalized spacial score (nSPS) is 18.4. The van der Waals surface area contributed by atoms with Gasteiger partial charge in [0.2, 0.25) is 0 Å². The Hall–Kier alpha value is -1.56. The predicted octanol–water partition coefficient (Wildman–Crippen LogP) is 8.71. The first kappa shape index (κ1) is 19.7. The molecule has 2 aromatic rings. The third kappa shape index (κ3) is 4.70. The molecule has 28 heavy (non-hydrogen) atoms. The molecule has 2 saturated carbocycles. The zero-order chi connectivity index (χ0) is 19.2. The van der Waals surface area contributed by atoms with Crippen molar-refractivity contribution in [2.45, 2.75) is 102 Å². The second-order valence-electron chi connectivity index (χ2n) is 9.34. The van der Waals surface area contributed by atoms with E-state index in [1.165, 1.54) is 88.2 Å². The van der Waals surface area contributed by atoms with Crippen LogP contribution in [0.15, 0.2) is 48.5 Å². The van der Waals surface area contributed by atoms with E-state index in [1.54, 1.807) is 11.1 Å². The zero-order valence-electron chi connectivity index (χ0n) is 17.8. The lowest BCUT2D eigenvalue weighted by Crippen LogP contribution is -2.03. The Morgan fingerprint density at radius 2 is 1.07 bits per heavy atom. The van der Waals surface area contributed by atoms with E-state index in [-0.39, 0.29) is 0 Å². The molecule has 0 N–H and O–H groups in total. The molecule has 0 nitrogen and oxygen atoms in total. The Labute approximate surface area is 172 Å². The van der Waals surface area contributed by atoms with Crippen LogP contribution in [0.4, 0.5) is 0 Å². The highest BCUT2D eigenvalue weighted by atomic mass is 14.2. The van der Waals surface area contributed by atoms with Crippen LogP contribution in [-0.2, 0) is 0 Å². The number of benzene rings is 2. The Balaban J connectivity index is 1.52. The lowest BCUT2D eigenvalue weighted by molar-refractivity contribution is 0.617. The summed E-state index contributed by atoms with van der Waals surface area (Å²) in [4.78, 5) is 0. The molecule has 0 saturated heterocycles. The minimum atomic E-state index is 0.557. The largest absolute Gasteiger partial charge is 0.0654 e. The van der Waals surface area contributed by atoms with Crippen LogP contribution in [-0.4, -0.2) is 0 Å². The Bertz CT molecular complexity index is 637. The van der Waals surface area contributed by atoms with Gasteiger partial charge in [-0.2, -0.15) is 0 Å². The molecule has 2 fully saturated rings. The molecule has 4 rings (SSSR count). The molecule has 0 radical (unpaired) electrons. The van der Waals surface area contributed by atoms with Crippen molar-refractivity contribution in [1.82, 2.24) is 0 Å². The van der Waals surface area contributed by atoms with Crippen LogP contribution >= 0.6 is 0 Å². The molecule has 0 heteroatoms. The summed E-state index contributed by atoms with van der Waals surface area (Å²) in [5.74, 6) is 2.19. The van der Waals surface area contributed by atoms with Crippen molar-refractivity contribution >= 4 is 0 Å². The van der Waals surface area contributed by atoms with Crippen molar-refractivity contribution in [2.24, 2.45) is 0 Å². The van der Waals surface area contributed by atoms with Crippen molar-refractivity contribution in [1.29, 1.82) is 0 Å². The van der Waals surface area contributed by atoms with Crippen LogP contribution in [0.5, 0.6) is 0 Å². The molecule has 0 atom stereocenters. The molecule has 2 aliphatic carbocycles. The molecular formula is C28H38. The number of unbranched alkanes of at least 4 members (excludes halogenated alkanes) is 2. The minimum Gasteiger partial charge on any atom is -0.0654 e. The van der Waals surface area contributed by atoms with Gasteiger partial charge in [-0.25, -0.2) is 0 Å². The van der Waals surface area contributed by atoms with Crippen LogP contribution in [0.2, 0.25) is 0 Å². The summed E-state index contributed by atoms with van der Waals surface area (Å²) in [6.07, 6.45) is 16.5. The van der Waals surface area contributed by atoms with Crippen molar-refractivity contribution in [3.05, 3.63) is 70.8 Å². The van der Waals surface area contributed by atoms with Gasteiger partial charge in [0, 0.05) is 5.92 Å². The molecule has 0 unspecified atom stereocenters. The van der Waals surface area contributed by atoms with E-state index in [0.29, 0.717) is 5.92 Å². The predicted molar refractivity (Wildman–Crippen MR) is 121 cm³/mol. The van der Waals surface area contributed by atoms with E-state index < -0.39 is 0 Å². The van der Waals surface area contributed by atoms with Crippen LogP contribution in [0.1, 0.15) is 124 Å². The summed E-state index contributed by atoms with van der Waals surface area (Å²) in [5, 5.41) is 0. The maximum absolute atomic E-state index is 2.44. The molecule has 0 spiro atoms. The van der Waals surface area contributed by atoms with Crippen LogP contribution in [0.3, 0.4) is 0 Å². The van der Waals surface area contributed by atoms with Gasteiger partial charge in [0.05, 0.1) is 0 Å². The maximum Gasteiger partial charge on any atom is 0.00893 e. The molecule has 0 heterocycles. The van der Waals surface area contributed by atoms with Gasteiger partial charge in [-0.15, -0.1) is 0 Å². The van der Waals surface area contributed by atoms with Crippen molar-refractivity contribution in [2.75, 3.05) is 0 Å². The Kier molecular flexibility index (Phi) is 6.89. The first-order valence-electron chi connectivity index (χ1n) is 12.0. The van der Waals surface area contributed by atoms with Gasteiger partial charge in [0.1, 0.15) is 0 Å². The van der Waals surface area contributed by atoms with Gasteiger partial charge in [0.15, 0.2) is 0 Å². The maximum atomic E-state index is 2.44. The lowest BCUT2D eigenvalue weighted by atomic mass is 9.84. The van der Waals surface area contributed by atoms with Gasteiger partial charge < -0.3 is 0 Å². The van der Waals surface area contributed by atoms with Crippen LogP contribution in [0, 0.1) is 0 Å². The van der Waals surface area contributed by atoms with Crippen molar-refractivity contribution in [3.8, 4) is 0 Å². The van der Waals surface area contributed by atoms with E-state index in [4.69, 9.17) is 0 Å². The fourth-order valence-corrected chi connectivity index (χ4v) is 5.64. The summed E-state index contributed by atoms with van der Waals surface area (Å²) in [5.41, 5.74) is 6.19. The van der Waals surface area contributed by atoms with Gasteiger partial charge in [-0.05, 0) is 66.2 Å². The smallest absolute Gasteiger partial charge is 0.00893 e. The SMILES string of the molecule is CCCCCC(c1ccc(C2CCCC2)cc1)c1ccc(C2CCCC2)cc1. The lowest BCUT2D eigenvalue weighted by Gasteiger charge is -2.20. The van der Waals surface area contributed by atoms with E-state index in [2.05, 4.69) is 55.5 Å². The molecule has 0 bridgehead atoms. The molecule has 2 aliphatic rings. The monoisotopic (exact) mass is 374 g/mol. The van der Waals surface area contributed by atoms with Gasteiger partial charge in [-0.3, -0.25) is 0 Å². The summed E-state index contributed by atoms with van der Waals surface area (Å²) < 4.78 is 0. The van der Waals surface area contributed by atoms with E-state index in [9.17, 15) is 0 Å². The summed E-state index contributed by atoms with van der Waals surface area (Å²) >= 11 is 0. The molecule has 150 valence electrons. The number of hydrogen-bond acceptors (Lipinski definition) is 0. The topological polar surface area (TPSA) is 0 Å².